The van der Waals surface area contributed by atoms with Gasteiger partial charge >= 0.3 is 5.97 Å². The number of carbonyl (C=O) groups is 1. The molecular formula is C14H19N2O2+. The molecule has 0 aromatic heterocycles. The lowest BCUT2D eigenvalue weighted by Crippen LogP contribution is -3.10. The number of aryl methyl sites for hydroxylation is 1. The Balaban J connectivity index is 1.92. The van der Waals surface area contributed by atoms with Gasteiger partial charge in [-0.1, -0.05) is 22.9 Å². The highest BCUT2D eigenvalue weighted by molar-refractivity contribution is 5.91. The van der Waals surface area contributed by atoms with Crippen LogP contribution in [-0.2, 0) is 4.84 Å². The summed E-state index contributed by atoms with van der Waals surface area (Å²) in [5.41, 5.74) is 2.65. The number of rotatable bonds is 2. The first-order valence-corrected chi connectivity index (χ1v) is 6.30. The van der Waals surface area contributed by atoms with Crippen molar-refractivity contribution >= 4 is 11.7 Å². The summed E-state index contributed by atoms with van der Waals surface area (Å²) in [4.78, 5) is 18.2. The summed E-state index contributed by atoms with van der Waals surface area (Å²) in [7, 11) is 2.16. The van der Waals surface area contributed by atoms with Crippen LogP contribution in [0.2, 0.25) is 0 Å². The Morgan fingerprint density at radius 1 is 1.22 bits per heavy atom. The Morgan fingerprint density at radius 2 is 1.83 bits per heavy atom. The fourth-order valence-corrected chi connectivity index (χ4v) is 1.90. The molecule has 0 spiro atoms. The van der Waals surface area contributed by atoms with Gasteiger partial charge in [0.2, 0.25) is 0 Å². The van der Waals surface area contributed by atoms with Gasteiger partial charge in [-0.3, -0.25) is 0 Å². The summed E-state index contributed by atoms with van der Waals surface area (Å²) in [6.07, 6.45) is 1.82. The van der Waals surface area contributed by atoms with Crippen LogP contribution >= 0.6 is 0 Å². The largest absolute Gasteiger partial charge is 0.365 e. The van der Waals surface area contributed by atoms with E-state index in [0.29, 0.717) is 5.56 Å². The van der Waals surface area contributed by atoms with Gasteiger partial charge in [0.05, 0.1) is 31.4 Å². The number of hydrogen-bond donors (Lipinski definition) is 1. The van der Waals surface area contributed by atoms with Crippen molar-refractivity contribution in [3.8, 4) is 0 Å². The summed E-state index contributed by atoms with van der Waals surface area (Å²) in [6, 6.07) is 7.30. The van der Waals surface area contributed by atoms with Crippen LogP contribution in [0, 0.1) is 6.92 Å². The smallest absolute Gasteiger partial charge is 0.337 e. The lowest BCUT2D eigenvalue weighted by molar-refractivity contribution is -0.880. The van der Waals surface area contributed by atoms with Crippen molar-refractivity contribution in [2.24, 2.45) is 5.16 Å². The highest BCUT2D eigenvalue weighted by Crippen LogP contribution is 2.06. The Bertz CT molecular complexity index is 441. The van der Waals surface area contributed by atoms with Crippen molar-refractivity contribution in [2.75, 3.05) is 20.1 Å². The number of quaternary nitrogens is 1. The molecule has 1 aromatic carbocycles. The van der Waals surface area contributed by atoms with Crippen LogP contribution in [0.25, 0.3) is 0 Å². The van der Waals surface area contributed by atoms with Gasteiger partial charge in [0.15, 0.2) is 0 Å². The Hall–Kier alpha value is -1.68. The molecule has 4 nitrogen and oxygen atoms in total. The van der Waals surface area contributed by atoms with Gasteiger partial charge in [-0.05, 0) is 19.1 Å². The van der Waals surface area contributed by atoms with Crippen LogP contribution in [0.5, 0.6) is 0 Å². The number of nitrogens with zero attached hydrogens (tertiary/aromatic N) is 1. The summed E-state index contributed by atoms with van der Waals surface area (Å²) < 4.78 is 0. The molecule has 1 aromatic rings. The summed E-state index contributed by atoms with van der Waals surface area (Å²) in [6.45, 7) is 4.10. The number of nitrogens with one attached hydrogen (secondary N) is 1. The monoisotopic (exact) mass is 247 g/mol. The molecular weight excluding hydrogens is 228 g/mol. The van der Waals surface area contributed by atoms with Crippen molar-refractivity contribution < 1.29 is 14.5 Å². The molecule has 0 amide bonds. The molecule has 1 aliphatic rings. The fraction of sp³-hybridized carbons (Fsp3) is 0.429. The van der Waals surface area contributed by atoms with E-state index < -0.39 is 0 Å². The third-order valence-corrected chi connectivity index (χ3v) is 3.23. The molecule has 0 atom stereocenters. The van der Waals surface area contributed by atoms with Gasteiger partial charge in [0.25, 0.3) is 0 Å². The molecule has 96 valence electrons. The van der Waals surface area contributed by atoms with Crippen molar-refractivity contribution in [2.45, 2.75) is 19.8 Å². The lowest BCUT2D eigenvalue weighted by atomic mass is 10.1. The van der Waals surface area contributed by atoms with E-state index in [0.717, 1.165) is 37.2 Å². The van der Waals surface area contributed by atoms with Gasteiger partial charge in [0.1, 0.15) is 0 Å². The van der Waals surface area contributed by atoms with Crippen molar-refractivity contribution in [1.29, 1.82) is 0 Å². The van der Waals surface area contributed by atoms with Gasteiger partial charge in [0, 0.05) is 12.8 Å². The van der Waals surface area contributed by atoms with Crippen LogP contribution in [0.15, 0.2) is 29.4 Å². The molecule has 1 fully saturated rings. The molecule has 1 N–H and O–H groups in total. The third-order valence-electron chi connectivity index (χ3n) is 3.23. The predicted octanol–water partition coefficient (Wildman–Crippen LogP) is 0.816. The van der Waals surface area contributed by atoms with Crippen molar-refractivity contribution in [3.05, 3.63) is 35.4 Å². The zero-order valence-corrected chi connectivity index (χ0v) is 10.9. The van der Waals surface area contributed by atoms with Gasteiger partial charge in [-0.2, -0.15) is 0 Å². The minimum atomic E-state index is -0.381. The number of piperidine rings is 1. The highest BCUT2D eigenvalue weighted by Gasteiger charge is 2.15. The highest BCUT2D eigenvalue weighted by atomic mass is 16.7. The molecule has 0 aliphatic carbocycles. The number of benzene rings is 1. The Morgan fingerprint density at radius 3 is 2.44 bits per heavy atom. The van der Waals surface area contributed by atoms with Crippen LogP contribution in [0.1, 0.15) is 28.8 Å². The Kier molecular flexibility index (Phi) is 4.10. The van der Waals surface area contributed by atoms with Gasteiger partial charge < -0.3 is 9.74 Å². The average molecular weight is 247 g/mol. The average Bonchev–Trinajstić information content (AvgIpc) is 2.38. The van der Waals surface area contributed by atoms with Crippen LogP contribution < -0.4 is 4.90 Å². The maximum Gasteiger partial charge on any atom is 0.365 e. The molecule has 2 rings (SSSR count). The number of likely N-dealkylation sites (tertiary alicyclic amines) is 1. The van der Waals surface area contributed by atoms with E-state index in [-0.39, 0.29) is 5.97 Å². The van der Waals surface area contributed by atoms with Crippen molar-refractivity contribution in [3.63, 3.8) is 0 Å². The second kappa shape index (κ2) is 5.78. The lowest BCUT2D eigenvalue weighted by Gasteiger charge is -2.19. The predicted molar refractivity (Wildman–Crippen MR) is 69.9 cm³/mol. The molecule has 0 radical (unpaired) electrons. The standard InChI is InChI=1S/C14H18N2O2/c1-11-3-5-12(6-4-11)14(17)18-15-13-7-9-16(2)10-8-13/h3-6H,7-10H2,1-2H3/p+1. The fourth-order valence-electron chi connectivity index (χ4n) is 1.90. The van der Waals surface area contributed by atoms with Gasteiger partial charge in [-0.15, -0.1) is 0 Å². The summed E-state index contributed by atoms with van der Waals surface area (Å²) in [5.74, 6) is -0.381. The minimum absolute atomic E-state index is 0.381. The molecule has 18 heavy (non-hydrogen) atoms. The normalized spacial score (nSPS) is 19.4. The number of carbonyl (C=O) groups excluding carboxylic acids is 1. The zero-order valence-electron chi connectivity index (χ0n) is 10.9. The topological polar surface area (TPSA) is 43.1 Å². The second-order valence-electron chi connectivity index (χ2n) is 4.86. The quantitative estimate of drug-likeness (QED) is 0.621. The van der Waals surface area contributed by atoms with E-state index in [1.165, 1.54) is 4.90 Å². The number of hydrogen-bond acceptors (Lipinski definition) is 3. The molecule has 0 unspecified atom stereocenters. The molecule has 4 heteroatoms. The SMILES string of the molecule is Cc1ccc(C(=O)ON=C2CC[NH+](C)CC2)cc1. The van der Waals surface area contributed by atoms with E-state index in [4.69, 9.17) is 4.84 Å². The first kappa shape index (κ1) is 12.8. The first-order valence-electron chi connectivity index (χ1n) is 6.30. The summed E-state index contributed by atoms with van der Waals surface area (Å²) in [5, 5.41) is 3.97. The molecule has 0 bridgehead atoms. The molecule has 0 saturated carbocycles. The van der Waals surface area contributed by atoms with Gasteiger partial charge in [-0.25, -0.2) is 4.79 Å². The molecule has 1 aliphatic heterocycles. The van der Waals surface area contributed by atoms with Crippen LogP contribution in [0.4, 0.5) is 0 Å². The van der Waals surface area contributed by atoms with E-state index in [2.05, 4.69) is 12.2 Å². The Labute approximate surface area is 107 Å². The molecule has 1 heterocycles. The second-order valence-corrected chi connectivity index (χ2v) is 4.86. The summed E-state index contributed by atoms with van der Waals surface area (Å²) >= 11 is 0. The van der Waals surface area contributed by atoms with E-state index >= 15 is 0 Å². The maximum absolute atomic E-state index is 11.7. The number of oxime groups is 1. The van der Waals surface area contributed by atoms with Crippen molar-refractivity contribution in [1.82, 2.24) is 0 Å². The van der Waals surface area contributed by atoms with Crippen LogP contribution in [-0.4, -0.2) is 31.8 Å². The van der Waals surface area contributed by atoms with E-state index in [1.807, 2.05) is 19.1 Å². The van der Waals surface area contributed by atoms with E-state index in [9.17, 15) is 4.79 Å². The van der Waals surface area contributed by atoms with Crippen LogP contribution in [0.3, 0.4) is 0 Å². The van der Waals surface area contributed by atoms with E-state index in [1.54, 1.807) is 12.1 Å². The molecule has 1 saturated heterocycles. The first-order chi connectivity index (χ1) is 8.65. The zero-order chi connectivity index (χ0) is 13.0. The maximum atomic E-state index is 11.7. The third kappa shape index (κ3) is 3.40. The minimum Gasteiger partial charge on any atom is -0.337 e.